The molecular formula is C39H50O8. The number of hydrogen-bond donors (Lipinski definition) is 0. The average molecular weight is 647 g/mol. The highest BCUT2D eigenvalue weighted by Gasteiger charge is 2.35. The van der Waals surface area contributed by atoms with E-state index in [0.717, 1.165) is 62.5 Å². The number of rotatable bonds is 18. The molecule has 0 bridgehead atoms. The molecule has 1 heterocycles. The molecule has 0 aromatic heterocycles. The van der Waals surface area contributed by atoms with Crippen LogP contribution >= 0.6 is 0 Å². The lowest BCUT2D eigenvalue weighted by atomic mass is 9.90. The molecule has 3 atom stereocenters. The molecule has 8 heteroatoms. The van der Waals surface area contributed by atoms with Crippen LogP contribution in [0.4, 0.5) is 0 Å². The Balaban J connectivity index is 1.30. The molecule has 8 nitrogen and oxygen atoms in total. The van der Waals surface area contributed by atoms with Gasteiger partial charge in [0.05, 0.1) is 5.76 Å². The highest BCUT2D eigenvalue weighted by molar-refractivity contribution is 5.90. The Morgan fingerprint density at radius 2 is 1.49 bits per heavy atom. The van der Waals surface area contributed by atoms with Crippen molar-refractivity contribution in [3.8, 4) is 0 Å². The number of carbonyl (C=O) groups is 3. The maximum Gasteiger partial charge on any atom is 0.339 e. The summed E-state index contributed by atoms with van der Waals surface area (Å²) in [7, 11) is 0. The summed E-state index contributed by atoms with van der Waals surface area (Å²) < 4.78 is 29.0. The van der Waals surface area contributed by atoms with E-state index in [2.05, 4.69) is 26.2 Å². The number of cyclic esters (lactones) is 1. The maximum absolute atomic E-state index is 13.0. The predicted molar refractivity (Wildman–Crippen MR) is 180 cm³/mol. The Labute approximate surface area is 279 Å². The van der Waals surface area contributed by atoms with Gasteiger partial charge in [-0.15, -0.1) is 0 Å². The smallest absolute Gasteiger partial charge is 0.339 e. The Bertz CT molecular complexity index is 1350. The summed E-state index contributed by atoms with van der Waals surface area (Å²) >= 11 is 0. The van der Waals surface area contributed by atoms with E-state index < -0.39 is 12.3 Å². The molecule has 1 aliphatic heterocycles. The van der Waals surface area contributed by atoms with E-state index in [1.807, 2.05) is 31.2 Å². The molecule has 0 aromatic carbocycles. The molecule has 0 amide bonds. The summed E-state index contributed by atoms with van der Waals surface area (Å²) in [6, 6.07) is 0. The number of unbranched alkanes of at least 4 members (excludes halogenated alkanes) is 4. The number of carbonyl (C=O) groups excluding carboxylic acids is 3. The zero-order valence-electron chi connectivity index (χ0n) is 28.1. The van der Waals surface area contributed by atoms with Gasteiger partial charge in [0.2, 0.25) is 6.29 Å². The normalized spacial score (nSPS) is 20.7. The van der Waals surface area contributed by atoms with Crippen molar-refractivity contribution in [2.45, 2.75) is 129 Å². The van der Waals surface area contributed by atoms with Crippen LogP contribution in [0.1, 0.15) is 110 Å². The molecule has 254 valence electrons. The lowest BCUT2D eigenvalue weighted by Gasteiger charge is -2.26. The highest BCUT2D eigenvalue weighted by Crippen LogP contribution is 2.33. The van der Waals surface area contributed by atoms with Crippen molar-refractivity contribution < 1.29 is 38.1 Å². The van der Waals surface area contributed by atoms with Crippen LogP contribution in [0, 0.1) is 0 Å². The van der Waals surface area contributed by atoms with Gasteiger partial charge in [0.25, 0.3) is 0 Å². The molecular weight excluding hydrogens is 596 g/mol. The molecule has 4 rings (SSSR count). The van der Waals surface area contributed by atoms with Crippen molar-refractivity contribution in [2.75, 3.05) is 0 Å². The molecule has 4 aliphatic rings. The lowest BCUT2D eigenvalue weighted by Crippen LogP contribution is -2.29. The highest BCUT2D eigenvalue weighted by atomic mass is 16.7. The second kappa shape index (κ2) is 18.3. The number of esters is 3. The van der Waals surface area contributed by atoms with Crippen LogP contribution in [0.3, 0.4) is 0 Å². The van der Waals surface area contributed by atoms with Crippen LogP contribution in [0.2, 0.25) is 0 Å². The van der Waals surface area contributed by atoms with Gasteiger partial charge in [0.1, 0.15) is 23.7 Å². The summed E-state index contributed by atoms with van der Waals surface area (Å²) in [6.45, 7) is 11.5. The minimum atomic E-state index is -0.615. The molecule has 0 aromatic rings. The van der Waals surface area contributed by atoms with Crippen LogP contribution < -0.4 is 0 Å². The lowest BCUT2D eigenvalue weighted by molar-refractivity contribution is -0.166. The molecule has 1 saturated heterocycles. The fourth-order valence-corrected chi connectivity index (χ4v) is 6.01. The van der Waals surface area contributed by atoms with Gasteiger partial charge in [-0.05, 0) is 74.0 Å². The van der Waals surface area contributed by atoms with Gasteiger partial charge in [0.15, 0.2) is 0 Å². The summed E-state index contributed by atoms with van der Waals surface area (Å²) in [5, 5.41) is 0. The monoisotopic (exact) mass is 646 g/mol. The molecule has 47 heavy (non-hydrogen) atoms. The van der Waals surface area contributed by atoms with Crippen molar-refractivity contribution in [3.63, 3.8) is 0 Å². The molecule has 0 spiro atoms. The van der Waals surface area contributed by atoms with E-state index in [1.165, 1.54) is 30.4 Å². The molecule has 3 unspecified atom stereocenters. The van der Waals surface area contributed by atoms with Crippen molar-refractivity contribution in [3.05, 3.63) is 95.3 Å². The minimum Gasteiger partial charge on any atom is -0.491 e. The first-order valence-electron chi connectivity index (χ1n) is 17.3. The van der Waals surface area contributed by atoms with Crippen molar-refractivity contribution in [2.24, 2.45) is 0 Å². The van der Waals surface area contributed by atoms with E-state index in [1.54, 1.807) is 6.08 Å². The number of hydrogen-bond acceptors (Lipinski definition) is 8. The van der Waals surface area contributed by atoms with Gasteiger partial charge < -0.3 is 23.7 Å². The summed E-state index contributed by atoms with van der Waals surface area (Å²) in [5.74, 6) is 1.07. The third kappa shape index (κ3) is 11.0. The van der Waals surface area contributed by atoms with Gasteiger partial charge in [-0.25, -0.2) is 14.4 Å². The Hall–Kier alpha value is -4.07. The van der Waals surface area contributed by atoms with E-state index in [4.69, 9.17) is 23.7 Å². The summed E-state index contributed by atoms with van der Waals surface area (Å²) in [6.07, 6.45) is 24.0. The first-order chi connectivity index (χ1) is 22.8. The molecule has 3 aliphatic carbocycles. The third-order valence-electron chi connectivity index (χ3n) is 8.76. The number of allylic oxidation sites excluding steroid dienone is 11. The van der Waals surface area contributed by atoms with Gasteiger partial charge >= 0.3 is 17.9 Å². The fraction of sp³-hybridized carbons (Fsp3) is 0.513. The first-order valence-corrected chi connectivity index (χ1v) is 17.3. The molecule has 0 saturated carbocycles. The van der Waals surface area contributed by atoms with Gasteiger partial charge in [-0.2, -0.15) is 0 Å². The zero-order valence-corrected chi connectivity index (χ0v) is 28.1. The molecule has 1 fully saturated rings. The van der Waals surface area contributed by atoms with Gasteiger partial charge in [-0.1, -0.05) is 64.8 Å². The van der Waals surface area contributed by atoms with Crippen molar-refractivity contribution in [1.82, 2.24) is 0 Å². The van der Waals surface area contributed by atoms with Crippen LogP contribution in [-0.2, 0) is 38.1 Å². The largest absolute Gasteiger partial charge is 0.491 e. The first kappa shape index (κ1) is 35.8. The average Bonchev–Trinajstić information content (AvgIpc) is 3.42. The Kier molecular flexibility index (Phi) is 13.9. The summed E-state index contributed by atoms with van der Waals surface area (Å²) in [5.41, 5.74) is 3.53. The second-order valence-corrected chi connectivity index (χ2v) is 12.5. The topological polar surface area (TPSA) is 97.4 Å². The van der Waals surface area contributed by atoms with Crippen molar-refractivity contribution in [1.29, 1.82) is 0 Å². The number of ether oxygens (including phenoxy) is 5. The predicted octanol–water partition coefficient (Wildman–Crippen LogP) is 8.83. The van der Waals surface area contributed by atoms with E-state index in [-0.39, 0.29) is 24.1 Å². The van der Waals surface area contributed by atoms with Crippen LogP contribution in [0.5, 0.6) is 0 Å². The van der Waals surface area contributed by atoms with E-state index in [9.17, 15) is 14.4 Å². The molecule has 0 radical (unpaired) electrons. The molecule has 0 N–H and O–H groups in total. The SMILES string of the molecule is C=CC(=O)OC(CCC)OC1=CC=C(C2=CC=C(OC(=O)C3=CC=C(OC(CCCCCCC)C4CC(=C)C(=O)O4)CC3)CC2)CC1. The second-order valence-electron chi connectivity index (χ2n) is 12.5. The Morgan fingerprint density at radius 1 is 0.830 bits per heavy atom. The quantitative estimate of drug-likeness (QED) is 0.0479. The standard InChI is InChI=1S/C39H50O8/c1-5-8-9-10-11-13-34(35-26-27(4)38(41)46-35)43-31-24-18-30(19-25-31)39(42)45-33-22-16-29(17-23-33)28-14-20-32(21-15-28)44-37(12-6-2)47-36(40)7-3/h7,14,16,18,20,22,24,34-35,37H,3-6,8-13,15,17,19,21,23,25-26H2,1-2H3. The summed E-state index contributed by atoms with van der Waals surface area (Å²) in [4.78, 5) is 36.6. The third-order valence-corrected chi connectivity index (χ3v) is 8.76. The zero-order chi connectivity index (χ0) is 33.6. The Morgan fingerprint density at radius 3 is 2.06 bits per heavy atom. The van der Waals surface area contributed by atoms with Crippen LogP contribution in [0.25, 0.3) is 0 Å². The van der Waals surface area contributed by atoms with Gasteiger partial charge in [0, 0.05) is 49.3 Å². The van der Waals surface area contributed by atoms with Gasteiger partial charge in [-0.3, -0.25) is 0 Å². The van der Waals surface area contributed by atoms with E-state index >= 15 is 0 Å². The van der Waals surface area contributed by atoms with Crippen LogP contribution in [0.15, 0.2) is 95.3 Å². The fourth-order valence-electron chi connectivity index (χ4n) is 6.01. The van der Waals surface area contributed by atoms with E-state index in [0.29, 0.717) is 49.0 Å². The minimum absolute atomic E-state index is 0.227. The van der Waals surface area contributed by atoms with Crippen molar-refractivity contribution >= 4 is 17.9 Å². The van der Waals surface area contributed by atoms with Crippen LogP contribution in [-0.4, -0.2) is 36.4 Å². The maximum atomic E-state index is 13.0.